The smallest absolute Gasteiger partial charge is 0.382 e. The highest BCUT2D eigenvalue weighted by Gasteiger charge is 2.59. The monoisotopic (exact) mass is 656 g/mol. The summed E-state index contributed by atoms with van der Waals surface area (Å²) in [6.07, 6.45) is 4.05. The summed E-state index contributed by atoms with van der Waals surface area (Å²) in [5, 5.41) is 21.8. The molecule has 5 atom stereocenters. The first-order valence-corrected chi connectivity index (χ1v) is 16.2. The molecule has 0 aliphatic heterocycles. The van der Waals surface area contributed by atoms with E-state index in [2.05, 4.69) is 31.7 Å². The molecule has 0 amide bonds. The molecule has 3 saturated carbocycles. The van der Waals surface area contributed by atoms with Crippen LogP contribution in [0.1, 0.15) is 61.3 Å². The maximum Gasteiger partial charge on any atom is 0.439 e. The normalized spacial score (nSPS) is 26.6. The minimum absolute atomic E-state index is 0.103. The number of hydrogen-bond donors (Lipinski definition) is 2. The minimum Gasteiger partial charge on any atom is -0.382 e. The van der Waals surface area contributed by atoms with Crippen molar-refractivity contribution >= 4 is 44.8 Å². The zero-order valence-corrected chi connectivity index (χ0v) is 25.8. The average Bonchev–Trinajstić information content (AvgIpc) is 3.31. The first-order chi connectivity index (χ1) is 21.2. The van der Waals surface area contributed by atoms with Crippen LogP contribution in [0.2, 0.25) is 10.0 Å². The van der Waals surface area contributed by atoms with Gasteiger partial charge in [0.2, 0.25) is 0 Å². The second-order valence-corrected chi connectivity index (χ2v) is 14.1. The fourth-order valence-corrected chi connectivity index (χ4v) is 9.11. The molecule has 9 nitrogen and oxygen atoms in total. The van der Waals surface area contributed by atoms with Gasteiger partial charge < -0.3 is 14.4 Å². The SMILES string of the molecule is C[C@H]1C[C@@H]2C[C@@H](OCc3c(-c4c(Cl)cccc4Cl)noc3C3CC3)C[C@H]1[C@]2(O)c1nc2c(F)cc(-c3noc(=O)[nH]3)cc2s1. The lowest BCUT2D eigenvalue weighted by Crippen LogP contribution is -2.45. The predicted octanol–water partition coefficient (Wildman–Crippen LogP) is 7.46. The second kappa shape index (κ2) is 10.5. The molecule has 8 rings (SSSR count). The van der Waals surface area contributed by atoms with Gasteiger partial charge in [0.15, 0.2) is 11.6 Å². The first-order valence-electron chi connectivity index (χ1n) is 14.6. The highest BCUT2D eigenvalue weighted by Crippen LogP contribution is 2.59. The summed E-state index contributed by atoms with van der Waals surface area (Å²) in [7, 11) is 0. The van der Waals surface area contributed by atoms with Crippen molar-refractivity contribution in [3.63, 3.8) is 0 Å². The van der Waals surface area contributed by atoms with Crippen molar-refractivity contribution in [2.75, 3.05) is 0 Å². The molecule has 0 spiro atoms. The van der Waals surface area contributed by atoms with Gasteiger partial charge in [-0.05, 0) is 74.1 Å². The number of hydrogen-bond acceptors (Lipinski definition) is 9. The van der Waals surface area contributed by atoms with Crippen LogP contribution in [0.25, 0.3) is 32.9 Å². The first kappa shape index (κ1) is 28.4. The fraction of sp³-hybridized carbons (Fsp3) is 0.419. The van der Waals surface area contributed by atoms with Crippen molar-refractivity contribution in [2.24, 2.45) is 17.8 Å². The van der Waals surface area contributed by atoms with Crippen LogP contribution in [0.15, 0.2) is 44.2 Å². The lowest BCUT2D eigenvalue weighted by atomic mass is 9.72. The predicted molar refractivity (Wildman–Crippen MR) is 162 cm³/mol. The molecule has 3 aliphatic rings. The Morgan fingerprint density at radius 3 is 2.66 bits per heavy atom. The molecule has 3 heterocycles. The summed E-state index contributed by atoms with van der Waals surface area (Å²) in [5.74, 6) is -0.0167. The Kier molecular flexibility index (Phi) is 6.77. The number of fused-ring (bicyclic) bond motifs is 3. The molecule has 0 saturated heterocycles. The summed E-state index contributed by atoms with van der Waals surface area (Å²) < 4.78 is 32.7. The summed E-state index contributed by atoms with van der Waals surface area (Å²) in [6, 6.07) is 8.32. The van der Waals surface area contributed by atoms with Gasteiger partial charge in [-0.15, -0.1) is 11.3 Å². The number of halogens is 3. The van der Waals surface area contributed by atoms with E-state index in [-0.39, 0.29) is 35.2 Å². The lowest BCUT2D eigenvalue weighted by molar-refractivity contribution is -0.120. The Hall–Kier alpha value is -3.09. The molecule has 2 bridgehead atoms. The molecule has 44 heavy (non-hydrogen) atoms. The van der Waals surface area contributed by atoms with Crippen molar-refractivity contribution in [3.8, 4) is 22.6 Å². The second-order valence-electron chi connectivity index (χ2n) is 12.3. The highest BCUT2D eigenvalue weighted by molar-refractivity contribution is 7.18. The maximum atomic E-state index is 15.2. The number of aliphatic hydroxyl groups is 1. The van der Waals surface area contributed by atoms with E-state index in [1.165, 1.54) is 17.4 Å². The van der Waals surface area contributed by atoms with E-state index in [1.54, 1.807) is 24.3 Å². The zero-order valence-electron chi connectivity index (χ0n) is 23.5. The summed E-state index contributed by atoms with van der Waals surface area (Å²) in [5.41, 5.74) is 1.46. The Morgan fingerprint density at radius 2 is 1.95 bits per heavy atom. The van der Waals surface area contributed by atoms with Gasteiger partial charge >= 0.3 is 5.76 Å². The van der Waals surface area contributed by atoms with E-state index in [4.69, 9.17) is 32.5 Å². The van der Waals surface area contributed by atoms with Gasteiger partial charge in [-0.2, -0.15) is 0 Å². The number of ether oxygens (including phenoxy) is 1. The minimum atomic E-state index is -1.20. The third-order valence-corrected chi connectivity index (χ3v) is 11.3. The third-order valence-electron chi connectivity index (χ3n) is 9.53. The summed E-state index contributed by atoms with van der Waals surface area (Å²) >= 11 is 14.3. The number of aromatic amines is 1. The van der Waals surface area contributed by atoms with Crippen LogP contribution in [0.4, 0.5) is 4.39 Å². The van der Waals surface area contributed by atoms with Crippen molar-refractivity contribution in [1.29, 1.82) is 0 Å². The Balaban J connectivity index is 1.07. The summed E-state index contributed by atoms with van der Waals surface area (Å²) in [6.45, 7) is 2.44. The third kappa shape index (κ3) is 4.55. The molecule has 13 heteroatoms. The molecular formula is C31H27Cl2FN4O5S. The van der Waals surface area contributed by atoms with Gasteiger partial charge in [0, 0.05) is 22.6 Å². The van der Waals surface area contributed by atoms with Gasteiger partial charge in [0.1, 0.15) is 27.6 Å². The summed E-state index contributed by atoms with van der Waals surface area (Å²) in [4.78, 5) is 18.5. The van der Waals surface area contributed by atoms with E-state index in [9.17, 15) is 9.90 Å². The fourth-order valence-electron chi connectivity index (χ4n) is 7.28. The van der Waals surface area contributed by atoms with E-state index < -0.39 is 17.2 Å². The van der Waals surface area contributed by atoms with Crippen LogP contribution in [0.5, 0.6) is 0 Å². The molecule has 2 N–H and O–H groups in total. The van der Waals surface area contributed by atoms with Gasteiger partial charge in [-0.1, -0.05) is 46.5 Å². The molecule has 228 valence electrons. The number of nitrogens with zero attached hydrogens (tertiary/aromatic N) is 3. The van der Waals surface area contributed by atoms with Crippen molar-refractivity contribution in [2.45, 2.75) is 63.3 Å². The Bertz CT molecular complexity index is 1950. The van der Waals surface area contributed by atoms with Crippen LogP contribution in [-0.2, 0) is 16.9 Å². The lowest BCUT2D eigenvalue weighted by Gasteiger charge is -2.41. The van der Waals surface area contributed by atoms with Crippen LogP contribution in [0.3, 0.4) is 0 Å². The number of aromatic nitrogens is 4. The molecule has 5 aromatic rings. The Labute approximate surface area is 264 Å². The van der Waals surface area contributed by atoms with Crippen LogP contribution in [0, 0.1) is 23.6 Å². The Morgan fingerprint density at radius 1 is 1.16 bits per heavy atom. The molecule has 3 aromatic heterocycles. The molecule has 3 fully saturated rings. The number of benzene rings is 2. The quantitative estimate of drug-likeness (QED) is 0.185. The zero-order chi connectivity index (χ0) is 30.3. The number of H-pyrrole nitrogens is 1. The van der Waals surface area contributed by atoms with Gasteiger partial charge in [0.25, 0.3) is 0 Å². The molecule has 2 aromatic carbocycles. The van der Waals surface area contributed by atoms with Crippen LogP contribution in [-0.4, -0.2) is 31.5 Å². The van der Waals surface area contributed by atoms with E-state index in [0.717, 1.165) is 30.6 Å². The van der Waals surface area contributed by atoms with E-state index >= 15 is 4.39 Å². The van der Waals surface area contributed by atoms with E-state index in [1.807, 2.05) is 0 Å². The van der Waals surface area contributed by atoms with Gasteiger partial charge in [-0.25, -0.2) is 14.2 Å². The van der Waals surface area contributed by atoms with Crippen molar-refractivity contribution in [3.05, 3.63) is 73.1 Å². The highest BCUT2D eigenvalue weighted by atomic mass is 35.5. The number of rotatable bonds is 7. The van der Waals surface area contributed by atoms with Crippen molar-refractivity contribution < 1.29 is 23.3 Å². The largest absolute Gasteiger partial charge is 0.439 e. The molecule has 0 radical (unpaired) electrons. The van der Waals surface area contributed by atoms with Crippen LogP contribution >= 0.6 is 34.5 Å². The number of thiazole rings is 1. The molecular weight excluding hydrogens is 630 g/mol. The average molecular weight is 658 g/mol. The standard InChI is InChI=1S/C31H27Cl2FN4O5S/c1-13-7-16-10-17(41-12-18-25(37-42-27(18)14-5-6-14)24-20(32)3-2-4-21(24)33)11-19(13)31(16,40)29-35-26-22(34)8-15(9-23(26)44-29)28-36-30(39)43-38-28/h2-4,8-9,13-14,16-17,19,40H,5-7,10-12H2,1H3,(H,36,38,39)/t13-,16+,17+,19+,31-/m0/s1. The van der Waals surface area contributed by atoms with E-state index in [0.29, 0.717) is 61.9 Å². The number of nitrogens with one attached hydrogen (secondary N) is 1. The van der Waals surface area contributed by atoms with Crippen molar-refractivity contribution in [1.82, 2.24) is 20.3 Å². The van der Waals surface area contributed by atoms with Crippen LogP contribution < -0.4 is 5.76 Å². The molecule has 3 aliphatic carbocycles. The van der Waals surface area contributed by atoms with Gasteiger partial charge in [-0.3, -0.25) is 9.51 Å². The topological polar surface area (TPSA) is 127 Å². The van der Waals surface area contributed by atoms with Gasteiger partial charge in [0.05, 0.1) is 27.5 Å². The molecule has 0 unspecified atom stereocenters. The maximum absolute atomic E-state index is 15.2.